The molecular weight excluding hydrogens is 693 g/mol. The second-order valence-electron chi connectivity index (χ2n) is 15.7. The summed E-state index contributed by atoms with van der Waals surface area (Å²) in [6.07, 6.45) is 3.69. The summed E-state index contributed by atoms with van der Waals surface area (Å²) in [7, 11) is 0.533. The number of nitrogens with zero attached hydrogens (tertiary/aromatic N) is 3. The van der Waals surface area contributed by atoms with E-state index in [0.29, 0.717) is 10.8 Å². The number of methoxy groups -OCH3 is 2. The van der Waals surface area contributed by atoms with Crippen molar-refractivity contribution in [2.75, 3.05) is 76.1 Å². The number of hydrogen-bond donors (Lipinski definition) is 1. The van der Waals surface area contributed by atoms with Gasteiger partial charge in [-0.25, -0.2) is 8.42 Å². The molecule has 0 atom stereocenters. The molecule has 2 spiro atoms. The fraction of sp³-hybridized carbons (Fsp3) is 0.422. The van der Waals surface area contributed by atoms with Crippen molar-refractivity contribution in [2.24, 2.45) is 0 Å². The molecule has 9 heteroatoms. The molecule has 0 aliphatic carbocycles. The zero-order valence-electron chi connectivity index (χ0n) is 33.0. The molecule has 4 aromatic carbocycles. The number of rotatable bonds is 10. The standard InChI is InChI=1S/C23H30N2O.C19H22N2O.C3H6O2S/c1-4-5-12-24-15-23(16-24)17-25(22-13-18(2)6-11-21(22)23)14-19-7-9-20(26-3)10-8-19;1-14-3-8-17-18(9-14)21(13-19(17)11-20-12-19)10-15-4-6-16(22-2)7-5-15;1-3-6(2,4)5/h6-11,13H,4-5,12,14-17H2,1-3H3;3-9,20H,10-13H2,1-2H3;3H,1H2,2H3. The van der Waals surface area contributed by atoms with Crippen molar-refractivity contribution in [2.45, 2.75) is 57.5 Å². The van der Waals surface area contributed by atoms with E-state index < -0.39 is 9.84 Å². The van der Waals surface area contributed by atoms with Crippen LogP contribution in [0.2, 0.25) is 0 Å². The molecule has 1 N–H and O–H groups in total. The van der Waals surface area contributed by atoms with E-state index in [2.05, 4.69) is 120 Å². The number of likely N-dealkylation sites (tertiary alicyclic amines) is 1. The number of ether oxygens (including phenoxy) is 2. The number of nitrogens with one attached hydrogen (secondary N) is 1. The Labute approximate surface area is 323 Å². The summed E-state index contributed by atoms with van der Waals surface area (Å²) in [4.78, 5) is 7.75. The highest BCUT2D eigenvalue weighted by Gasteiger charge is 2.50. The van der Waals surface area contributed by atoms with Crippen molar-refractivity contribution in [3.05, 3.63) is 130 Å². The van der Waals surface area contributed by atoms with Gasteiger partial charge in [-0.2, -0.15) is 0 Å². The Kier molecular flexibility index (Phi) is 12.1. The summed E-state index contributed by atoms with van der Waals surface area (Å²) in [6.45, 7) is 19.8. The first-order chi connectivity index (χ1) is 25.9. The van der Waals surface area contributed by atoms with Crippen LogP contribution < -0.4 is 24.6 Å². The van der Waals surface area contributed by atoms with E-state index in [1.165, 1.54) is 71.7 Å². The van der Waals surface area contributed by atoms with Crippen molar-refractivity contribution in [3.63, 3.8) is 0 Å². The van der Waals surface area contributed by atoms with Gasteiger partial charge in [0.15, 0.2) is 9.84 Å². The molecule has 54 heavy (non-hydrogen) atoms. The maximum absolute atomic E-state index is 9.88. The number of hydrogen-bond acceptors (Lipinski definition) is 8. The molecule has 4 aromatic rings. The Morgan fingerprint density at radius 2 is 1.17 bits per heavy atom. The van der Waals surface area contributed by atoms with Crippen LogP contribution in [0.25, 0.3) is 0 Å². The number of unbranched alkanes of at least 4 members (excludes halogenated alkanes) is 1. The van der Waals surface area contributed by atoms with Gasteiger partial charge in [0.2, 0.25) is 0 Å². The van der Waals surface area contributed by atoms with Crippen molar-refractivity contribution >= 4 is 21.2 Å². The van der Waals surface area contributed by atoms with E-state index >= 15 is 0 Å². The van der Waals surface area contributed by atoms with E-state index in [9.17, 15) is 8.42 Å². The van der Waals surface area contributed by atoms with E-state index in [4.69, 9.17) is 9.47 Å². The Hall–Kier alpha value is -4.31. The fourth-order valence-electron chi connectivity index (χ4n) is 8.31. The molecule has 2 fully saturated rings. The summed E-state index contributed by atoms with van der Waals surface area (Å²) < 4.78 is 30.3. The highest BCUT2D eigenvalue weighted by atomic mass is 32.2. The lowest BCUT2D eigenvalue weighted by Crippen LogP contribution is -2.61. The maximum Gasteiger partial charge on any atom is 0.168 e. The zero-order valence-corrected chi connectivity index (χ0v) is 33.8. The molecule has 4 aliphatic heterocycles. The summed E-state index contributed by atoms with van der Waals surface area (Å²) in [5.74, 6) is 1.84. The SMILES string of the molecule is C=CS(C)(=O)=O.CCCCN1CC2(C1)CN(Cc1ccc(OC)cc1)c1cc(C)ccc12.COc1ccc(CN2CC3(CNC3)c3ccc(C)cc32)cc1. The van der Waals surface area contributed by atoms with Gasteiger partial charge >= 0.3 is 0 Å². The van der Waals surface area contributed by atoms with Crippen LogP contribution in [0.4, 0.5) is 11.4 Å². The second kappa shape index (κ2) is 16.6. The molecule has 2 saturated heterocycles. The number of sulfone groups is 1. The van der Waals surface area contributed by atoms with Gasteiger partial charge in [0.25, 0.3) is 0 Å². The Bertz CT molecular complexity index is 1990. The minimum Gasteiger partial charge on any atom is -0.497 e. The third kappa shape index (κ3) is 8.80. The Balaban J connectivity index is 0.000000162. The summed E-state index contributed by atoms with van der Waals surface area (Å²) in [6, 6.07) is 30.9. The fourth-order valence-corrected chi connectivity index (χ4v) is 8.31. The van der Waals surface area contributed by atoms with Gasteiger partial charge in [-0.15, -0.1) is 0 Å². The van der Waals surface area contributed by atoms with E-state index in [1.807, 2.05) is 12.1 Å². The lowest BCUT2D eigenvalue weighted by atomic mass is 9.75. The van der Waals surface area contributed by atoms with Crippen LogP contribution in [0.15, 0.2) is 96.9 Å². The van der Waals surface area contributed by atoms with Crippen LogP contribution in [0, 0.1) is 13.8 Å². The van der Waals surface area contributed by atoms with Crippen molar-refractivity contribution in [1.29, 1.82) is 0 Å². The second-order valence-corrected chi connectivity index (χ2v) is 17.7. The van der Waals surface area contributed by atoms with Crippen LogP contribution in [-0.2, 0) is 33.8 Å². The molecular formula is C45H58N4O4S. The highest BCUT2D eigenvalue weighted by molar-refractivity contribution is 7.93. The first-order valence-corrected chi connectivity index (χ1v) is 21.1. The van der Waals surface area contributed by atoms with Gasteiger partial charge in [0, 0.05) is 86.2 Å². The van der Waals surface area contributed by atoms with Gasteiger partial charge in [-0.1, -0.05) is 68.5 Å². The van der Waals surface area contributed by atoms with E-state index in [-0.39, 0.29) is 0 Å². The summed E-state index contributed by atoms with van der Waals surface area (Å²) >= 11 is 0. The number of fused-ring (bicyclic) bond motifs is 4. The van der Waals surface area contributed by atoms with Gasteiger partial charge in [0.05, 0.1) is 14.2 Å². The molecule has 288 valence electrons. The lowest BCUT2D eigenvalue weighted by Gasteiger charge is -2.48. The minimum absolute atomic E-state index is 0.329. The van der Waals surface area contributed by atoms with Crippen molar-refractivity contribution < 1.29 is 17.9 Å². The maximum atomic E-state index is 9.88. The third-order valence-corrected chi connectivity index (χ3v) is 11.9. The monoisotopic (exact) mass is 750 g/mol. The average molecular weight is 751 g/mol. The zero-order chi connectivity index (χ0) is 38.5. The number of anilines is 2. The third-order valence-electron chi connectivity index (χ3n) is 11.3. The van der Waals surface area contributed by atoms with E-state index in [0.717, 1.165) is 62.4 Å². The Morgan fingerprint density at radius 1 is 0.722 bits per heavy atom. The molecule has 0 unspecified atom stereocenters. The molecule has 4 aliphatic rings. The predicted octanol–water partition coefficient (Wildman–Crippen LogP) is 7.42. The van der Waals surface area contributed by atoms with Gasteiger partial charge in [-0.3, -0.25) is 0 Å². The van der Waals surface area contributed by atoms with Crippen LogP contribution in [0.5, 0.6) is 11.5 Å². The quantitative estimate of drug-likeness (QED) is 0.180. The van der Waals surface area contributed by atoms with Crippen LogP contribution >= 0.6 is 0 Å². The van der Waals surface area contributed by atoms with E-state index in [1.54, 1.807) is 19.8 Å². The molecule has 4 heterocycles. The van der Waals surface area contributed by atoms with Crippen molar-refractivity contribution in [1.82, 2.24) is 10.2 Å². The topological polar surface area (TPSA) is 74.4 Å². The highest BCUT2D eigenvalue weighted by Crippen LogP contribution is 2.47. The molecule has 0 amide bonds. The normalized spacial score (nSPS) is 17.3. The first kappa shape index (κ1) is 39.4. The molecule has 0 radical (unpaired) electrons. The largest absolute Gasteiger partial charge is 0.497 e. The predicted molar refractivity (Wildman–Crippen MR) is 223 cm³/mol. The van der Waals surface area contributed by atoms with Crippen LogP contribution in [0.3, 0.4) is 0 Å². The first-order valence-electron chi connectivity index (χ1n) is 19.1. The van der Waals surface area contributed by atoms with Gasteiger partial charge in [0.1, 0.15) is 11.5 Å². The average Bonchev–Trinajstić information content (AvgIpc) is 3.63. The summed E-state index contributed by atoms with van der Waals surface area (Å²) in [5, 5.41) is 4.37. The molecule has 0 bridgehead atoms. The van der Waals surface area contributed by atoms with Crippen LogP contribution in [0.1, 0.15) is 53.1 Å². The molecule has 0 saturated carbocycles. The van der Waals surface area contributed by atoms with Crippen LogP contribution in [-0.4, -0.2) is 79.6 Å². The summed E-state index contributed by atoms with van der Waals surface area (Å²) in [5.41, 5.74) is 12.0. The van der Waals surface area contributed by atoms with Gasteiger partial charge < -0.3 is 29.5 Å². The number of aryl methyl sites for hydroxylation is 2. The lowest BCUT2D eigenvalue weighted by molar-refractivity contribution is 0.0742. The Morgan fingerprint density at radius 3 is 1.56 bits per heavy atom. The molecule has 8 nitrogen and oxygen atoms in total. The number of benzene rings is 4. The smallest absolute Gasteiger partial charge is 0.168 e. The minimum atomic E-state index is -2.90. The van der Waals surface area contributed by atoms with Crippen molar-refractivity contribution in [3.8, 4) is 11.5 Å². The molecule has 0 aromatic heterocycles. The van der Waals surface area contributed by atoms with Gasteiger partial charge in [-0.05, 0) is 96.6 Å². The molecule has 8 rings (SSSR count).